The fraction of sp³-hybridized carbons (Fsp3) is 0.267. The van der Waals surface area contributed by atoms with E-state index in [0.717, 1.165) is 23.3 Å². The summed E-state index contributed by atoms with van der Waals surface area (Å²) in [5.41, 5.74) is 3.12. The molecular weight excluding hydrogens is 484 g/mol. The van der Waals surface area contributed by atoms with Gasteiger partial charge in [-0.1, -0.05) is 25.1 Å². The molecule has 38 heavy (non-hydrogen) atoms. The Hall–Kier alpha value is -4.46. The molecular formula is C30H28N2O6. The van der Waals surface area contributed by atoms with Crippen LogP contribution in [-0.2, 0) is 27.3 Å². The van der Waals surface area contributed by atoms with Crippen molar-refractivity contribution in [3.05, 3.63) is 100 Å². The fourth-order valence-corrected chi connectivity index (χ4v) is 4.87. The van der Waals surface area contributed by atoms with E-state index in [9.17, 15) is 19.5 Å². The van der Waals surface area contributed by atoms with Gasteiger partial charge in [-0.3, -0.25) is 14.6 Å². The second-order valence-corrected chi connectivity index (χ2v) is 9.50. The second-order valence-electron chi connectivity index (χ2n) is 9.50. The molecule has 2 aliphatic rings. The van der Waals surface area contributed by atoms with E-state index >= 15 is 0 Å². The molecule has 2 unspecified atom stereocenters. The number of benzene rings is 2. The van der Waals surface area contributed by atoms with Crippen molar-refractivity contribution in [2.24, 2.45) is 0 Å². The fourth-order valence-electron chi connectivity index (χ4n) is 4.87. The van der Waals surface area contributed by atoms with E-state index in [1.807, 2.05) is 13.8 Å². The highest BCUT2D eigenvalue weighted by molar-refractivity contribution is 6.46. The number of amides is 1. The maximum atomic E-state index is 13.3. The monoisotopic (exact) mass is 512 g/mol. The Labute approximate surface area is 220 Å². The number of nitrogens with zero attached hydrogens (tertiary/aromatic N) is 2. The standard InChI is InChI=1S/C30H28N2O6/c1-3-13-37-30(36)20-8-6-19(7-9-20)17-32-26(22-5-4-12-31-16-22)25(28(34)29(32)35)27(33)21-10-11-24-23(15-21)14-18(2)38-24/h4-12,15-16,18,26,33H,3,13-14,17H2,1-2H3/b27-25-. The number of aliphatic hydroxyl groups is 1. The second kappa shape index (κ2) is 10.5. The van der Waals surface area contributed by atoms with Gasteiger partial charge in [-0.25, -0.2) is 4.79 Å². The van der Waals surface area contributed by atoms with Gasteiger partial charge in [0.2, 0.25) is 0 Å². The SMILES string of the molecule is CCCOC(=O)c1ccc(CN2C(=O)C(=O)/C(=C(\O)c3ccc4c(c3)CC(C)O4)C2c2cccnc2)cc1. The van der Waals surface area contributed by atoms with Gasteiger partial charge in [-0.15, -0.1) is 0 Å². The lowest BCUT2D eigenvalue weighted by Gasteiger charge is -2.25. The molecule has 3 heterocycles. The highest BCUT2D eigenvalue weighted by Crippen LogP contribution is 2.41. The van der Waals surface area contributed by atoms with Crippen molar-refractivity contribution in [3.63, 3.8) is 0 Å². The molecule has 0 radical (unpaired) electrons. The molecule has 8 heteroatoms. The molecule has 0 spiro atoms. The number of aliphatic hydroxyl groups excluding tert-OH is 1. The van der Waals surface area contributed by atoms with Crippen molar-refractivity contribution in [2.45, 2.75) is 45.4 Å². The third kappa shape index (κ3) is 4.77. The smallest absolute Gasteiger partial charge is 0.338 e. The third-order valence-corrected chi connectivity index (χ3v) is 6.69. The van der Waals surface area contributed by atoms with Gasteiger partial charge in [-0.2, -0.15) is 0 Å². The van der Waals surface area contributed by atoms with E-state index < -0.39 is 23.7 Å². The van der Waals surface area contributed by atoms with Crippen LogP contribution in [0.25, 0.3) is 5.76 Å². The molecule has 0 bridgehead atoms. The van der Waals surface area contributed by atoms with Crippen molar-refractivity contribution in [2.75, 3.05) is 6.61 Å². The number of hydrogen-bond acceptors (Lipinski definition) is 7. The summed E-state index contributed by atoms with van der Waals surface area (Å²) >= 11 is 0. The van der Waals surface area contributed by atoms with Gasteiger partial charge < -0.3 is 19.5 Å². The highest BCUT2D eigenvalue weighted by atomic mass is 16.5. The first-order valence-corrected chi connectivity index (χ1v) is 12.6. The van der Waals surface area contributed by atoms with Crippen LogP contribution in [0.15, 0.2) is 72.6 Å². The minimum absolute atomic E-state index is 0.00896. The number of aromatic nitrogens is 1. The summed E-state index contributed by atoms with van der Waals surface area (Å²) in [5.74, 6) is -1.38. The molecule has 1 amide bonds. The van der Waals surface area contributed by atoms with Gasteiger partial charge in [0.15, 0.2) is 0 Å². The molecule has 1 saturated heterocycles. The van der Waals surface area contributed by atoms with Crippen molar-refractivity contribution in [1.82, 2.24) is 9.88 Å². The van der Waals surface area contributed by atoms with Crippen LogP contribution in [0, 0.1) is 0 Å². The van der Waals surface area contributed by atoms with Crippen LogP contribution in [0.1, 0.15) is 58.9 Å². The zero-order valence-electron chi connectivity index (χ0n) is 21.2. The number of carbonyl (C=O) groups is 3. The Morgan fingerprint density at radius 1 is 1.13 bits per heavy atom. The molecule has 2 atom stereocenters. The maximum Gasteiger partial charge on any atom is 0.338 e. The molecule has 1 fully saturated rings. The first-order chi connectivity index (χ1) is 18.4. The number of Topliss-reactive ketones (excluding diaryl/α,β-unsaturated/α-hetero) is 1. The summed E-state index contributed by atoms with van der Waals surface area (Å²) < 4.78 is 10.9. The minimum atomic E-state index is -0.832. The summed E-state index contributed by atoms with van der Waals surface area (Å²) in [7, 11) is 0. The van der Waals surface area contributed by atoms with Gasteiger partial charge in [0.1, 0.15) is 17.6 Å². The van der Waals surface area contributed by atoms with E-state index in [1.165, 1.54) is 4.90 Å². The molecule has 0 saturated carbocycles. The van der Waals surface area contributed by atoms with Crippen molar-refractivity contribution in [3.8, 4) is 5.75 Å². The van der Waals surface area contributed by atoms with E-state index in [2.05, 4.69) is 4.98 Å². The van der Waals surface area contributed by atoms with Crippen LogP contribution in [0.2, 0.25) is 0 Å². The van der Waals surface area contributed by atoms with Crippen LogP contribution >= 0.6 is 0 Å². The predicted octanol–water partition coefficient (Wildman–Crippen LogP) is 4.59. The van der Waals surface area contributed by atoms with E-state index in [-0.39, 0.29) is 24.0 Å². The first-order valence-electron chi connectivity index (χ1n) is 12.6. The van der Waals surface area contributed by atoms with Crippen molar-refractivity contribution >= 4 is 23.4 Å². The quantitative estimate of drug-likeness (QED) is 0.214. The van der Waals surface area contributed by atoms with Gasteiger partial charge >= 0.3 is 5.97 Å². The number of hydrogen-bond donors (Lipinski definition) is 1. The average molecular weight is 513 g/mol. The predicted molar refractivity (Wildman–Crippen MR) is 139 cm³/mol. The lowest BCUT2D eigenvalue weighted by Crippen LogP contribution is -2.29. The van der Waals surface area contributed by atoms with Gasteiger partial charge in [-0.05, 0) is 66.4 Å². The molecule has 2 aliphatic heterocycles. The largest absolute Gasteiger partial charge is 0.507 e. The van der Waals surface area contributed by atoms with E-state index in [1.54, 1.807) is 67.0 Å². The lowest BCUT2D eigenvalue weighted by atomic mass is 9.95. The molecule has 8 nitrogen and oxygen atoms in total. The molecule has 1 aromatic heterocycles. The summed E-state index contributed by atoms with van der Waals surface area (Å²) in [6.45, 7) is 4.32. The number of esters is 1. The molecule has 1 N–H and O–H groups in total. The Kier molecular flexibility index (Phi) is 6.96. The topological polar surface area (TPSA) is 106 Å². The summed E-state index contributed by atoms with van der Waals surface area (Å²) in [5, 5.41) is 11.4. The highest BCUT2D eigenvalue weighted by Gasteiger charge is 2.46. The number of pyridine rings is 1. The van der Waals surface area contributed by atoms with Gasteiger partial charge in [0, 0.05) is 30.9 Å². The normalized spacial score (nSPS) is 19.8. The Morgan fingerprint density at radius 3 is 2.61 bits per heavy atom. The number of rotatable bonds is 7. The first kappa shape index (κ1) is 25.2. The zero-order chi connectivity index (χ0) is 26.8. The van der Waals surface area contributed by atoms with E-state index in [0.29, 0.717) is 29.7 Å². The van der Waals surface area contributed by atoms with Crippen LogP contribution in [0.4, 0.5) is 0 Å². The Bertz CT molecular complexity index is 1410. The van der Waals surface area contributed by atoms with E-state index in [4.69, 9.17) is 9.47 Å². The third-order valence-electron chi connectivity index (χ3n) is 6.69. The Balaban J connectivity index is 1.50. The van der Waals surface area contributed by atoms with Crippen LogP contribution in [-0.4, -0.2) is 45.4 Å². The zero-order valence-corrected chi connectivity index (χ0v) is 21.2. The molecule has 2 aromatic carbocycles. The average Bonchev–Trinajstić information content (AvgIpc) is 3.43. The van der Waals surface area contributed by atoms with Gasteiger partial charge in [0.05, 0.1) is 23.8 Å². The molecule has 194 valence electrons. The van der Waals surface area contributed by atoms with Crippen molar-refractivity contribution < 1.29 is 29.0 Å². The molecule has 5 rings (SSSR count). The van der Waals surface area contributed by atoms with Crippen molar-refractivity contribution in [1.29, 1.82) is 0 Å². The number of likely N-dealkylation sites (tertiary alicyclic amines) is 1. The number of ether oxygens (including phenoxy) is 2. The lowest BCUT2D eigenvalue weighted by molar-refractivity contribution is -0.140. The summed E-state index contributed by atoms with van der Waals surface area (Å²) in [6.07, 6.45) is 4.64. The van der Waals surface area contributed by atoms with Crippen LogP contribution in [0.3, 0.4) is 0 Å². The molecule has 3 aromatic rings. The Morgan fingerprint density at radius 2 is 1.89 bits per heavy atom. The van der Waals surface area contributed by atoms with Gasteiger partial charge in [0.25, 0.3) is 11.7 Å². The number of carbonyl (C=O) groups excluding carboxylic acids is 3. The number of fused-ring (bicyclic) bond motifs is 1. The maximum absolute atomic E-state index is 13.3. The van der Waals surface area contributed by atoms with Crippen LogP contribution in [0.5, 0.6) is 5.75 Å². The minimum Gasteiger partial charge on any atom is -0.507 e. The molecule has 0 aliphatic carbocycles. The number of ketones is 1. The summed E-state index contributed by atoms with van der Waals surface area (Å²) in [4.78, 5) is 44.4. The van der Waals surface area contributed by atoms with Crippen LogP contribution < -0.4 is 4.74 Å². The summed E-state index contributed by atoms with van der Waals surface area (Å²) in [6, 6.07) is 14.7.